The molecular weight excluding hydrogens is 624 g/mol. The molecule has 0 bridgehead atoms. The van der Waals surface area contributed by atoms with Gasteiger partial charge in [-0.3, -0.25) is 9.59 Å². The molecule has 5 rings (SSSR count). The molecule has 0 aromatic heterocycles. The van der Waals surface area contributed by atoms with Gasteiger partial charge in [-0.15, -0.1) is 0 Å². The van der Waals surface area contributed by atoms with E-state index >= 15 is 0 Å². The molecule has 252 valence electrons. The van der Waals surface area contributed by atoms with Crippen LogP contribution in [0.2, 0.25) is 0 Å². The minimum absolute atomic E-state index is 0.0292. The Kier molecular flexibility index (Phi) is 9.84. The molecular formula is C40H38O9. The van der Waals surface area contributed by atoms with Crippen LogP contribution in [0.4, 0.5) is 0 Å². The minimum atomic E-state index is -1.02. The summed E-state index contributed by atoms with van der Waals surface area (Å²) in [5, 5.41) is 74.5. The number of phenols is 7. The van der Waals surface area contributed by atoms with Crippen molar-refractivity contribution in [3.63, 3.8) is 0 Å². The monoisotopic (exact) mass is 662 g/mol. The highest BCUT2D eigenvalue weighted by Crippen LogP contribution is 2.52. The molecule has 3 atom stereocenters. The summed E-state index contributed by atoms with van der Waals surface area (Å²) >= 11 is 0. The molecule has 0 heterocycles. The first-order valence-electron chi connectivity index (χ1n) is 15.7. The van der Waals surface area contributed by atoms with Gasteiger partial charge in [0.25, 0.3) is 0 Å². The van der Waals surface area contributed by atoms with Crippen LogP contribution in [0, 0.1) is 5.92 Å². The summed E-state index contributed by atoms with van der Waals surface area (Å²) in [5.74, 6) is -5.55. The summed E-state index contributed by atoms with van der Waals surface area (Å²) in [5.41, 5.74) is 2.63. The maximum Gasteiger partial charge on any atom is 0.189 e. The van der Waals surface area contributed by atoms with Gasteiger partial charge in [0.1, 0.15) is 40.2 Å². The number of hydrogen-bond donors (Lipinski definition) is 7. The number of Topliss-reactive ketones (excluding diaryl/α,β-unsaturated/α-hetero) is 1. The number of carbonyl (C=O) groups is 2. The number of rotatable bonds is 9. The summed E-state index contributed by atoms with van der Waals surface area (Å²) < 4.78 is 0. The maximum atomic E-state index is 14.7. The summed E-state index contributed by atoms with van der Waals surface area (Å²) in [6.45, 7) is 5.60. The van der Waals surface area contributed by atoms with Crippen molar-refractivity contribution in [3.05, 3.63) is 129 Å². The Morgan fingerprint density at radius 1 is 0.755 bits per heavy atom. The van der Waals surface area contributed by atoms with Gasteiger partial charge in [-0.2, -0.15) is 0 Å². The lowest BCUT2D eigenvalue weighted by molar-refractivity contribution is 0.0877. The highest BCUT2D eigenvalue weighted by atomic mass is 16.3. The second kappa shape index (κ2) is 14.0. The fourth-order valence-electron chi connectivity index (χ4n) is 6.42. The van der Waals surface area contributed by atoms with Gasteiger partial charge in [0.05, 0.1) is 11.1 Å². The van der Waals surface area contributed by atoms with Gasteiger partial charge >= 0.3 is 0 Å². The molecule has 49 heavy (non-hydrogen) atoms. The van der Waals surface area contributed by atoms with Crippen LogP contribution in [-0.2, 0) is 6.42 Å². The molecule has 0 unspecified atom stereocenters. The standard InChI is InChI=1S/C40H38O9/c1-21(2)4-12-27-33(44)16-14-29(38(27)47)40(49)36-30(23-5-9-25(41)10-6-23)18-22(3)19-31(36)37-34(45)17-13-28(39(37)48)32(43)15-8-24-7-11-26(42)20-35(24)46/h4-11,13-17,19-20,30-31,36,41-42,44-48H,12,18H2,1-3H3/b15-8+/t30-,31+,36-/m0/s1. The zero-order chi connectivity index (χ0) is 35.6. The summed E-state index contributed by atoms with van der Waals surface area (Å²) in [6, 6.07) is 15.5. The topological polar surface area (TPSA) is 176 Å². The van der Waals surface area contributed by atoms with Gasteiger partial charge < -0.3 is 35.7 Å². The van der Waals surface area contributed by atoms with Gasteiger partial charge in [-0.1, -0.05) is 35.4 Å². The number of aromatic hydroxyl groups is 7. The SMILES string of the molecule is CC(C)=CCc1c(O)ccc(C(=O)[C@@H]2[C@H](c3c(O)ccc(C(=O)/C=C/c4ccc(O)cc4O)c3O)C=C(C)C[C@H]2c2ccc(O)cc2)c1O. The van der Waals surface area contributed by atoms with Crippen LogP contribution < -0.4 is 0 Å². The number of ketones is 2. The number of hydrogen-bond acceptors (Lipinski definition) is 9. The first kappa shape index (κ1) is 34.4. The first-order valence-corrected chi connectivity index (χ1v) is 15.7. The Morgan fingerprint density at radius 2 is 1.41 bits per heavy atom. The van der Waals surface area contributed by atoms with E-state index in [1.165, 1.54) is 54.6 Å². The zero-order valence-corrected chi connectivity index (χ0v) is 27.3. The van der Waals surface area contributed by atoms with Crippen molar-refractivity contribution in [1.29, 1.82) is 0 Å². The molecule has 0 saturated heterocycles. The Balaban J connectivity index is 1.65. The van der Waals surface area contributed by atoms with E-state index in [9.17, 15) is 45.3 Å². The molecule has 4 aromatic rings. The highest BCUT2D eigenvalue weighted by molar-refractivity contribution is 6.09. The van der Waals surface area contributed by atoms with Crippen LogP contribution in [-0.4, -0.2) is 47.3 Å². The van der Waals surface area contributed by atoms with Crippen LogP contribution in [0.5, 0.6) is 40.2 Å². The Morgan fingerprint density at radius 3 is 2.08 bits per heavy atom. The first-order chi connectivity index (χ1) is 23.3. The van der Waals surface area contributed by atoms with Crippen LogP contribution in [0.3, 0.4) is 0 Å². The number of carbonyl (C=O) groups excluding carboxylic acids is 2. The van der Waals surface area contributed by atoms with Crippen LogP contribution in [0.15, 0.2) is 96.1 Å². The molecule has 9 nitrogen and oxygen atoms in total. The van der Waals surface area contributed by atoms with Crippen LogP contribution in [0.25, 0.3) is 6.08 Å². The number of phenolic OH excluding ortho intramolecular Hbond substituents is 7. The van der Waals surface area contributed by atoms with Crippen LogP contribution in [0.1, 0.15) is 82.0 Å². The van der Waals surface area contributed by atoms with Crippen molar-refractivity contribution in [2.45, 2.75) is 45.4 Å². The van der Waals surface area contributed by atoms with Crippen molar-refractivity contribution < 1.29 is 45.3 Å². The van der Waals surface area contributed by atoms with E-state index in [0.29, 0.717) is 12.0 Å². The van der Waals surface area contributed by atoms with E-state index in [2.05, 4.69) is 0 Å². The molecule has 9 heteroatoms. The van der Waals surface area contributed by atoms with E-state index in [0.717, 1.165) is 23.3 Å². The average Bonchev–Trinajstić information content (AvgIpc) is 3.04. The van der Waals surface area contributed by atoms with E-state index in [1.54, 1.807) is 18.2 Å². The van der Waals surface area contributed by atoms with Gasteiger partial charge in [0.15, 0.2) is 11.6 Å². The van der Waals surface area contributed by atoms with Gasteiger partial charge in [-0.05, 0) is 106 Å². The quantitative estimate of drug-likeness (QED) is 0.0537. The summed E-state index contributed by atoms with van der Waals surface area (Å²) in [7, 11) is 0. The van der Waals surface area contributed by atoms with E-state index in [4.69, 9.17) is 0 Å². The van der Waals surface area contributed by atoms with Crippen molar-refractivity contribution in [1.82, 2.24) is 0 Å². The molecule has 0 fully saturated rings. The van der Waals surface area contributed by atoms with Gasteiger partial charge in [0, 0.05) is 34.6 Å². The lowest BCUT2D eigenvalue weighted by Gasteiger charge is -2.37. The predicted molar refractivity (Wildman–Crippen MR) is 186 cm³/mol. The Bertz CT molecular complexity index is 2010. The minimum Gasteiger partial charge on any atom is -0.508 e. The number of allylic oxidation sites excluding steroid dienone is 5. The average molecular weight is 663 g/mol. The molecule has 0 saturated carbocycles. The fraction of sp³-hybridized carbons (Fsp3) is 0.200. The summed E-state index contributed by atoms with van der Waals surface area (Å²) in [6.07, 6.45) is 6.61. The Labute approximate surface area is 283 Å². The van der Waals surface area contributed by atoms with E-state index in [1.807, 2.05) is 26.8 Å². The zero-order valence-electron chi connectivity index (χ0n) is 27.3. The van der Waals surface area contributed by atoms with Crippen molar-refractivity contribution in [3.8, 4) is 40.2 Å². The molecule has 4 aromatic carbocycles. The second-order valence-corrected chi connectivity index (χ2v) is 12.6. The molecule has 0 spiro atoms. The maximum absolute atomic E-state index is 14.7. The highest BCUT2D eigenvalue weighted by Gasteiger charge is 2.43. The lowest BCUT2D eigenvalue weighted by atomic mass is 9.65. The van der Waals surface area contributed by atoms with Crippen LogP contribution >= 0.6 is 0 Å². The molecule has 0 radical (unpaired) electrons. The van der Waals surface area contributed by atoms with E-state index < -0.39 is 35.1 Å². The third kappa shape index (κ3) is 7.16. The summed E-state index contributed by atoms with van der Waals surface area (Å²) in [4.78, 5) is 28.1. The molecule has 7 N–H and O–H groups in total. The largest absolute Gasteiger partial charge is 0.508 e. The lowest BCUT2D eigenvalue weighted by Crippen LogP contribution is -2.31. The Hall–Kier alpha value is -5.96. The third-order valence-electron chi connectivity index (χ3n) is 8.91. The molecule has 1 aliphatic rings. The van der Waals surface area contributed by atoms with Gasteiger partial charge in [0.2, 0.25) is 0 Å². The third-order valence-corrected chi connectivity index (χ3v) is 8.91. The number of benzene rings is 4. The van der Waals surface area contributed by atoms with Gasteiger partial charge in [-0.25, -0.2) is 0 Å². The second-order valence-electron chi connectivity index (χ2n) is 12.6. The van der Waals surface area contributed by atoms with Crippen molar-refractivity contribution in [2.24, 2.45) is 5.92 Å². The fourth-order valence-corrected chi connectivity index (χ4v) is 6.42. The van der Waals surface area contributed by atoms with Crippen molar-refractivity contribution >= 4 is 17.6 Å². The normalized spacial score (nSPS) is 17.4. The molecule has 0 aliphatic heterocycles. The predicted octanol–water partition coefficient (Wildman–Crippen LogP) is 7.75. The van der Waals surface area contributed by atoms with Crippen molar-refractivity contribution in [2.75, 3.05) is 0 Å². The molecule has 1 aliphatic carbocycles. The smallest absolute Gasteiger partial charge is 0.189 e. The molecule has 0 amide bonds. The van der Waals surface area contributed by atoms with E-state index in [-0.39, 0.29) is 68.7 Å².